The first-order chi connectivity index (χ1) is 15.5. The van der Waals surface area contributed by atoms with E-state index in [4.69, 9.17) is 4.98 Å². The Morgan fingerprint density at radius 3 is 2.59 bits per heavy atom. The highest BCUT2D eigenvalue weighted by Crippen LogP contribution is 2.27. The quantitative estimate of drug-likeness (QED) is 0.484. The van der Waals surface area contributed by atoms with Gasteiger partial charge in [-0.15, -0.1) is 0 Å². The van der Waals surface area contributed by atoms with E-state index in [-0.39, 0.29) is 11.9 Å². The molecule has 0 bridgehead atoms. The van der Waals surface area contributed by atoms with Gasteiger partial charge in [0.25, 0.3) is 5.91 Å². The number of rotatable bonds is 7. The summed E-state index contributed by atoms with van der Waals surface area (Å²) in [4.78, 5) is 23.9. The molecule has 1 aliphatic carbocycles. The molecule has 0 unspecified atom stereocenters. The summed E-state index contributed by atoms with van der Waals surface area (Å²) in [5, 5.41) is 18.4. The summed E-state index contributed by atoms with van der Waals surface area (Å²) in [7, 11) is 3.98. The standard InChI is InChI=1S/C24H29N6O2/c1-30(2)22-20-8-3-4-9-21(20)27-24(28-22)25-15-16-10-12-18(13-11-16)26-23(31)17-6-5-7-19(14-17)29-32/h3-9,14,16,18,29H,10-13,15H2,1-2H3,(H,26,31)(H,25,27,28)/q-1. The molecule has 4 rings (SSSR count). The van der Waals surface area contributed by atoms with Gasteiger partial charge in [-0.2, -0.15) is 4.98 Å². The lowest BCUT2D eigenvalue weighted by Crippen LogP contribution is -2.38. The molecule has 1 aliphatic rings. The van der Waals surface area contributed by atoms with Crippen molar-refractivity contribution in [2.24, 2.45) is 5.92 Å². The Hall–Kier alpha value is -3.39. The van der Waals surface area contributed by atoms with Gasteiger partial charge in [0.1, 0.15) is 5.82 Å². The number of amides is 1. The zero-order valence-electron chi connectivity index (χ0n) is 18.5. The van der Waals surface area contributed by atoms with Crippen molar-refractivity contribution < 1.29 is 4.79 Å². The second-order valence-electron chi connectivity index (χ2n) is 8.54. The molecule has 32 heavy (non-hydrogen) atoms. The zero-order valence-corrected chi connectivity index (χ0v) is 18.5. The first-order valence-corrected chi connectivity index (χ1v) is 11.0. The molecule has 1 heterocycles. The van der Waals surface area contributed by atoms with Crippen LogP contribution in [-0.2, 0) is 0 Å². The maximum Gasteiger partial charge on any atom is 0.251 e. The largest absolute Gasteiger partial charge is 0.761 e. The maximum atomic E-state index is 12.5. The number of nitrogens with one attached hydrogen (secondary N) is 3. The van der Waals surface area contributed by atoms with E-state index >= 15 is 0 Å². The van der Waals surface area contributed by atoms with Gasteiger partial charge in [0.2, 0.25) is 5.95 Å². The molecule has 1 saturated carbocycles. The number of carbonyl (C=O) groups is 1. The molecule has 3 aromatic rings. The Morgan fingerprint density at radius 2 is 1.84 bits per heavy atom. The Labute approximate surface area is 188 Å². The lowest BCUT2D eigenvalue weighted by atomic mass is 9.86. The van der Waals surface area contributed by atoms with Crippen LogP contribution in [0, 0.1) is 11.1 Å². The van der Waals surface area contributed by atoms with E-state index in [2.05, 4.69) is 15.6 Å². The zero-order chi connectivity index (χ0) is 22.5. The topological polar surface area (TPSA) is 105 Å². The van der Waals surface area contributed by atoms with Crippen molar-refractivity contribution in [1.29, 1.82) is 0 Å². The van der Waals surface area contributed by atoms with Crippen LogP contribution in [0.1, 0.15) is 36.0 Å². The van der Waals surface area contributed by atoms with Crippen molar-refractivity contribution in [2.45, 2.75) is 31.7 Å². The van der Waals surface area contributed by atoms with Crippen LogP contribution in [0.15, 0.2) is 48.5 Å². The van der Waals surface area contributed by atoms with Gasteiger partial charge in [0, 0.05) is 43.3 Å². The summed E-state index contributed by atoms with van der Waals surface area (Å²) in [5.74, 6) is 1.92. The summed E-state index contributed by atoms with van der Waals surface area (Å²) in [6, 6.07) is 14.8. The SMILES string of the molecule is CN(C)c1nc(NCC2CCC(NC(=O)c3cccc(N[O-])c3)CC2)nc2ccccc12. The van der Waals surface area contributed by atoms with Crippen LogP contribution >= 0.6 is 0 Å². The first-order valence-electron chi connectivity index (χ1n) is 11.0. The van der Waals surface area contributed by atoms with E-state index in [9.17, 15) is 10.0 Å². The smallest absolute Gasteiger partial charge is 0.251 e. The van der Waals surface area contributed by atoms with Crippen molar-refractivity contribution >= 4 is 34.3 Å². The highest BCUT2D eigenvalue weighted by atomic mass is 16.5. The number of para-hydroxylation sites is 1. The first kappa shape index (κ1) is 21.8. The van der Waals surface area contributed by atoms with Gasteiger partial charge in [-0.05, 0) is 61.9 Å². The van der Waals surface area contributed by atoms with Crippen LogP contribution in [0.3, 0.4) is 0 Å². The van der Waals surface area contributed by atoms with Crippen LogP contribution < -0.4 is 21.0 Å². The monoisotopic (exact) mass is 433 g/mol. The number of hydrogen-bond donors (Lipinski definition) is 3. The van der Waals surface area contributed by atoms with E-state index in [0.29, 0.717) is 23.1 Å². The molecular formula is C24H29N6O2-. The van der Waals surface area contributed by atoms with Crippen LogP contribution in [0.5, 0.6) is 0 Å². The fraction of sp³-hybridized carbons (Fsp3) is 0.375. The second-order valence-corrected chi connectivity index (χ2v) is 8.54. The van der Waals surface area contributed by atoms with Crippen molar-refractivity contribution in [1.82, 2.24) is 15.3 Å². The van der Waals surface area contributed by atoms with E-state index in [0.717, 1.165) is 48.9 Å². The Kier molecular flexibility index (Phi) is 6.70. The Morgan fingerprint density at radius 1 is 1.06 bits per heavy atom. The molecule has 1 fully saturated rings. The minimum absolute atomic E-state index is 0.135. The second kappa shape index (κ2) is 9.82. The van der Waals surface area contributed by atoms with Crippen LogP contribution in [0.4, 0.5) is 17.5 Å². The fourth-order valence-corrected chi connectivity index (χ4v) is 4.22. The molecule has 0 spiro atoms. The van der Waals surface area contributed by atoms with Crippen molar-refractivity contribution in [3.05, 3.63) is 59.3 Å². The number of fused-ring (bicyclic) bond motifs is 1. The van der Waals surface area contributed by atoms with Gasteiger partial charge >= 0.3 is 0 Å². The lowest BCUT2D eigenvalue weighted by Gasteiger charge is -2.29. The molecule has 8 nitrogen and oxygen atoms in total. The summed E-state index contributed by atoms with van der Waals surface area (Å²) >= 11 is 0. The molecule has 0 saturated heterocycles. The number of carbonyl (C=O) groups excluding carboxylic acids is 1. The molecule has 0 aliphatic heterocycles. The van der Waals surface area contributed by atoms with Gasteiger partial charge in [0.05, 0.1) is 5.52 Å². The Balaban J connectivity index is 1.30. The molecule has 0 atom stereocenters. The molecule has 8 heteroatoms. The van der Waals surface area contributed by atoms with E-state index in [1.165, 1.54) is 0 Å². The normalized spacial score (nSPS) is 18.2. The molecule has 1 amide bonds. The van der Waals surface area contributed by atoms with Crippen LogP contribution in [-0.4, -0.2) is 42.6 Å². The van der Waals surface area contributed by atoms with Gasteiger partial charge < -0.3 is 26.2 Å². The van der Waals surface area contributed by atoms with E-state index in [1.54, 1.807) is 24.3 Å². The minimum atomic E-state index is -0.135. The maximum absolute atomic E-state index is 12.5. The number of nitrogens with zero attached hydrogens (tertiary/aromatic N) is 3. The predicted molar refractivity (Wildman–Crippen MR) is 129 cm³/mol. The molecule has 168 valence electrons. The lowest BCUT2D eigenvalue weighted by molar-refractivity contribution is 0.0922. The van der Waals surface area contributed by atoms with Gasteiger partial charge in [-0.3, -0.25) is 4.79 Å². The number of hydrogen-bond acceptors (Lipinski definition) is 7. The summed E-state index contributed by atoms with van der Waals surface area (Å²) < 4.78 is 0. The average Bonchev–Trinajstić information content (AvgIpc) is 2.83. The Bertz CT molecular complexity index is 1080. The van der Waals surface area contributed by atoms with Gasteiger partial charge in [-0.25, -0.2) is 4.98 Å². The molecular weight excluding hydrogens is 404 g/mol. The number of anilines is 3. The highest BCUT2D eigenvalue weighted by Gasteiger charge is 2.23. The molecule has 3 N–H and O–H groups in total. The van der Waals surface area contributed by atoms with Crippen molar-refractivity contribution in [3.63, 3.8) is 0 Å². The van der Waals surface area contributed by atoms with Crippen LogP contribution in [0.2, 0.25) is 0 Å². The van der Waals surface area contributed by atoms with Crippen molar-refractivity contribution in [3.8, 4) is 0 Å². The average molecular weight is 434 g/mol. The number of aromatic nitrogens is 2. The fourth-order valence-electron chi connectivity index (χ4n) is 4.22. The molecule has 1 aromatic heterocycles. The third-order valence-corrected chi connectivity index (χ3v) is 5.98. The van der Waals surface area contributed by atoms with Gasteiger partial charge in [0.15, 0.2) is 0 Å². The predicted octanol–water partition coefficient (Wildman–Crippen LogP) is 4.01. The third kappa shape index (κ3) is 5.08. The van der Waals surface area contributed by atoms with E-state index < -0.39 is 0 Å². The minimum Gasteiger partial charge on any atom is -0.761 e. The van der Waals surface area contributed by atoms with Gasteiger partial charge in [-0.1, -0.05) is 18.2 Å². The molecule has 2 aromatic carbocycles. The number of benzene rings is 2. The van der Waals surface area contributed by atoms with E-state index in [1.807, 2.05) is 48.7 Å². The highest BCUT2D eigenvalue weighted by molar-refractivity contribution is 5.95. The van der Waals surface area contributed by atoms with Crippen molar-refractivity contribution in [2.75, 3.05) is 36.3 Å². The summed E-state index contributed by atoms with van der Waals surface area (Å²) in [6.45, 7) is 0.809. The molecule has 0 radical (unpaired) electrons. The summed E-state index contributed by atoms with van der Waals surface area (Å²) in [5.41, 5.74) is 3.65. The summed E-state index contributed by atoms with van der Waals surface area (Å²) in [6.07, 6.45) is 3.90. The third-order valence-electron chi connectivity index (χ3n) is 5.98. The van der Waals surface area contributed by atoms with Crippen LogP contribution in [0.25, 0.3) is 10.9 Å².